The molecule has 6 nitrogen and oxygen atoms in total. The number of fused-ring (bicyclic) bond motifs is 1. The van der Waals surface area contributed by atoms with Crippen molar-refractivity contribution in [1.82, 2.24) is 4.90 Å². The number of halogens is 3. The van der Waals surface area contributed by atoms with Crippen molar-refractivity contribution >= 4 is 33.4 Å². The van der Waals surface area contributed by atoms with Crippen LogP contribution in [0, 0.1) is 17.6 Å². The summed E-state index contributed by atoms with van der Waals surface area (Å²) in [7, 11) is 0. The molecule has 1 saturated heterocycles. The molecule has 1 fully saturated rings. The van der Waals surface area contributed by atoms with E-state index in [1.54, 1.807) is 6.07 Å². The Morgan fingerprint density at radius 2 is 2.04 bits per heavy atom. The minimum absolute atomic E-state index is 0.0238. The molecule has 0 aromatic heterocycles. The van der Waals surface area contributed by atoms with Crippen molar-refractivity contribution in [3.8, 4) is 11.5 Å². The smallest absolute Gasteiger partial charge is 0.262 e. The van der Waals surface area contributed by atoms with Crippen molar-refractivity contribution in [3.05, 3.63) is 52.0 Å². The van der Waals surface area contributed by atoms with Gasteiger partial charge in [-0.1, -0.05) is 15.9 Å². The van der Waals surface area contributed by atoms with Crippen LogP contribution in [0.4, 0.5) is 14.5 Å². The van der Waals surface area contributed by atoms with Gasteiger partial charge in [-0.05, 0) is 24.3 Å². The molecule has 9 heteroatoms. The predicted molar refractivity (Wildman–Crippen MR) is 99.5 cm³/mol. The van der Waals surface area contributed by atoms with Crippen molar-refractivity contribution in [2.45, 2.75) is 0 Å². The van der Waals surface area contributed by atoms with E-state index in [1.165, 1.54) is 23.1 Å². The fraction of sp³-hybridized carbons (Fsp3) is 0.263. The molecule has 146 valence electrons. The fourth-order valence-electron chi connectivity index (χ4n) is 3.08. The molecule has 2 aromatic carbocycles. The lowest BCUT2D eigenvalue weighted by molar-refractivity contribution is -0.118. The fourth-order valence-corrected chi connectivity index (χ4v) is 3.41. The molecule has 4 rings (SSSR count). The molecular weight excluding hydrogens is 438 g/mol. The zero-order valence-corrected chi connectivity index (χ0v) is 16.1. The first-order valence-corrected chi connectivity index (χ1v) is 9.33. The Labute approximate surface area is 167 Å². The number of carbonyl (C=O) groups is 2. The van der Waals surface area contributed by atoms with Crippen LogP contribution < -0.4 is 14.8 Å². The van der Waals surface area contributed by atoms with Gasteiger partial charge in [-0.25, -0.2) is 8.78 Å². The maximum Gasteiger partial charge on any atom is 0.262 e. The van der Waals surface area contributed by atoms with Gasteiger partial charge in [0.15, 0.2) is 18.2 Å². The first-order chi connectivity index (χ1) is 13.4. The van der Waals surface area contributed by atoms with E-state index < -0.39 is 17.5 Å². The highest BCUT2D eigenvalue weighted by Gasteiger charge is 2.34. The quantitative estimate of drug-likeness (QED) is 0.773. The first kappa shape index (κ1) is 18.7. The van der Waals surface area contributed by atoms with Gasteiger partial charge in [0.2, 0.25) is 0 Å². The molecular formula is C19H15BrF2N2O4. The van der Waals surface area contributed by atoms with E-state index in [2.05, 4.69) is 21.2 Å². The third kappa shape index (κ3) is 3.66. The predicted octanol–water partition coefficient (Wildman–Crippen LogP) is 3.21. The highest BCUT2D eigenvalue weighted by molar-refractivity contribution is 9.10. The zero-order chi connectivity index (χ0) is 19.8. The van der Waals surface area contributed by atoms with Gasteiger partial charge in [0.25, 0.3) is 11.8 Å². The van der Waals surface area contributed by atoms with Crippen molar-refractivity contribution < 1.29 is 27.8 Å². The number of hydrogen-bond acceptors (Lipinski definition) is 4. The summed E-state index contributed by atoms with van der Waals surface area (Å²) in [5.74, 6) is -1.66. The maximum absolute atomic E-state index is 14.3. The number of likely N-dealkylation sites (tertiary alicyclic amines) is 1. The number of carbonyl (C=O) groups excluding carboxylic acids is 2. The van der Waals surface area contributed by atoms with E-state index in [1.807, 2.05) is 0 Å². The standard InChI is InChI=1S/C19H15BrF2N2O4/c20-11-1-2-16(14(22)3-11)27-8-10-6-24(7-10)19(26)12-4-15-17(5-13(12)21)28-9-18(25)23-15/h1-5,10H,6-9H2,(H,23,25). The molecule has 0 aliphatic carbocycles. The number of nitrogens with one attached hydrogen (secondary N) is 1. The van der Waals surface area contributed by atoms with Crippen LogP contribution in [0.15, 0.2) is 34.8 Å². The van der Waals surface area contributed by atoms with Crippen LogP contribution in [0.3, 0.4) is 0 Å². The van der Waals surface area contributed by atoms with Crippen molar-refractivity contribution in [2.24, 2.45) is 5.92 Å². The molecule has 2 amide bonds. The van der Waals surface area contributed by atoms with Gasteiger partial charge in [0, 0.05) is 29.5 Å². The number of benzene rings is 2. The lowest BCUT2D eigenvalue weighted by atomic mass is 9.99. The number of amides is 2. The molecule has 28 heavy (non-hydrogen) atoms. The van der Waals surface area contributed by atoms with E-state index in [0.717, 1.165) is 6.07 Å². The van der Waals surface area contributed by atoms with Gasteiger partial charge in [-0.3, -0.25) is 9.59 Å². The monoisotopic (exact) mass is 452 g/mol. The molecule has 0 bridgehead atoms. The van der Waals surface area contributed by atoms with Crippen LogP contribution >= 0.6 is 15.9 Å². The molecule has 1 N–H and O–H groups in total. The zero-order valence-electron chi connectivity index (χ0n) is 14.5. The van der Waals surface area contributed by atoms with E-state index in [-0.39, 0.29) is 47.8 Å². The third-order valence-electron chi connectivity index (χ3n) is 4.55. The Balaban J connectivity index is 1.36. The van der Waals surface area contributed by atoms with E-state index >= 15 is 0 Å². The van der Waals surface area contributed by atoms with Gasteiger partial charge in [-0.15, -0.1) is 0 Å². The van der Waals surface area contributed by atoms with Crippen molar-refractivity contribution in [3.63, 3.8) is 0 Å². The molecule has 0 atom stereocenters. The summed E-state index contributed by atoms with van der Waals surface area (Å²) < 4.78 is 39.3. The Morgan fingerprint density at radius 1 is 1.25 bits per heavy atom. The third-order valence-corrected chi connectivity index (χ3v) is 5.04. The van der Waals surface area contributed by atoms with Crippen LogP contribution in [0.2, 0.25) is 0 Å². The number of rotatable bonds is 4. The summed E-state index contributed by atoms with van der Waals surface area (Å²) >= 11 is 3.18. The van der Waals surface area contributed by atoms with Crippen LogP contribution in [-0.4, -0.2) is 43.0 Å². The SMILES string of the molecule is O=C1COc2cc(F)c(C(=O)N3CC(COc4ccc(Br)cc4F)C3)cc2N1. The molecule has 0 saturated carbocycles. The van der Waals surface area contributed by atoms with Crippen LogP contribution in [0.1, 0.15) is 10.4 Å². The number of hydrogen-bond donors (Lipinski definition) is 1. The molecule has 2 aromatic rings. The van der Waals surface area contributed by atoms with Crippen molar-refractivity contribution in [2.75, 3.05) is 31.6 Å². The Morgan fingerprint density at radius 3 is 2.79 bits per heavy atom. The average molecular weight is 453 g/mol. The lowest BCUT2D eigenvalue weighted by Crippen LogP contribution is -2.52. The normalized spacial score (nSPS) is 16.0. The highest BCUT2D eigenvalue weighted by atomic mass is 79.9. The summed E-state index contributed by atoms with van der Waals surface area (Å²) in [5, 5.41) is 2.55. The second kappa shape index (κ2) is 7.38. The van der Waals surface area contributed by atoms with Crippen molar-refractivity contribution in [1.29, 1.82) is 0 Å². The average Bonchev–Trinajstić information content (AvgIpc) is 2.61. The van der Waals surface area contributed by atoms with Crippen LogP contribution in [0.25, 0.3) is 0 Å². The highest BCUT2D eigenvalue weighted by Crippen LogP contribution is 2.32. The summed E-state index contributed by atoms with van der Waals surface area (Å²) in [6.45, 7) is 0.804. The summed E-state index contributed by atoms with van der Waals surface area (Å²) in [6.07, 6.45) is 0. The van der Waals surface area contributed by atoms with Gasteiger partial charge in [0.05, 0.1) is 17.9 Å². The second-order valence-electron chi connectivity index (χ2n) is 6.63. The van der Waals surface area contributed by atoms with Gasteiger partial charge >= 0.3 is 0 Å². The Hall–Kier alpha value is -2.68. The number of nitrogens with zero attached hydrogens (tertiary/aromatic N) is 1. The van der Waals surface area contributed by atoms with E-state index in [9.17, 15) is 18.4 Å². The van der Waals surface area contributed by atoms with Gasteiger partial charge in [0.1, 0.15) is 11.6 Å². The Bertz CT molecular complexity index is 963. The molecule has 0 unspecified atom stereocenters. The minimum atomic E-state index is -0.712. The second-order valence-corrected chi connectivity index (χ2v) is 7.54. The summed E-state index contributed by atoms with van der Waals surface area (Å²) in [6, 6.07) is 6.90. The molecule has 0 spiro atoms. The van der Waals surface area contributed by atoms with Gasteiger partial charge in [-0.2, -0.15) is 0 Å². The summed E-state index contributed by atoms with van der Waals surface area (Å²) in [4.78, 5) is 25.4. The largest absolute Gasteiger partial charge is 0.490 e. The molecule has 2 aliphatic heterocycles. The first-order valence-electron chi connectivity index (χ1n) is 8.54. The number of ether oxygens (including phenoxy) is 2. The van der Waals surface area contributed by atoms with Gasteiger partial charge < -0.3 is 19.7 Å². The molecule has 0 radical (unpaired) electrons. The topological polar surface area (TPSA) is 67.9 Å². The lowest BCUT2D eigenvalue weighted by Gasteiger charge is -2.39. The van der Waals surface area contributed by atoms with E-state index in [4.69, 9.17) is 9.47 Å². The number of anilines is 1. The van der Waals surface area contributed by atoms with Crippen LogP contribution in [-0.2, 0) is 4.79 Å². The van der Waals surface area contributed by atoms with Crippen LogP contribution in [0.5, 0.6) is 11.5 Å². The molecule has 2 heterocycles. The summed E-state index contributed by atoms with van der Waals surface area (Å²) in [5.41, 5.74) is 0.134. The maximum atomic E-state index is 14.3. The Kier molecular flexibility index (Phi) is 4.92. The molecule has 2 aliphatic rings. The minimum Gasteiger partial charge on any atom is -0.490 e. The van der Waals surface area contributed by atoms with E-state index in [0.29, 0.717) is 17.6 Å².